The van der Waals surface area contributed by atoms with Gasteiger partial charge in [-0.3, -0.25) is 4.79 Å². The van der Waals surface area contributed by atoms with Crippen LogP contribution in [0.1, 0.15) is 30.1 Å². The Morgan fingerprint density at radius 2 is 2.00 bits per heavy atom. The first-order valence-corrected chi connectivity index (χ1v) is 11.0. The number of halogens is 1. The fourth-order valence-electron chi connectivity index (χ4n) is 2.33. The van der Waals surface area contributed by atoms with Crippen LogP contribution in [0.2, 0.25) is 5.02 Å². The number of thiazole rings is 1. The molecule has 0 bridgehead atoms. The van der Waals surface area contributed by atoms with Gasteiger partial charge in [-0.2, -0.15) is 0 Å². The second kappa shape index (κ2) is 9.91. The van der Waals surface area contributed by atoms with Crippen LogP contribution in [0.5, 0.6) is 0 Å². The molecule has 0 fully saturated rings. The van der Waals surface area contributed by atoms with E-state index in [0.29, 0.717) is 22.3 Å². The average molecular weight is 435 g/mol. The van der Waals surface area contributed by atoms with Crippen LogP contribution in [-0.4, -0.2) is 29.2 Å². The third-order valence-electron chi connectivity index (χ3n) is 3.79. The molecule has 146 valence electrons. The molecule has 0 spiro atoms. The van der Waals surface area contributed by atoms with Crippen LogP contribution in [0.3, 0.4) is 0 Å². The number of nitrogens with one attached hydrogen (secondary N) is 1. The van der Waals surface area contributed by atoms with Gasteiger partial charge in [0.05, 0.1) is 28.1 Å². The van der Waals surface area contributed by atoms with Crippen molar-refractivity contribution < 1.29 is 14.3 Å². The summed E-state index contributed by atoms with van der Waals surface area (Å²) < 4.78 is 6.06. The lowest BCUT2D eigenvalue weighted by Gasteiger charge is -2.03. The predicted molar refractivity (Wildman–Crippen MR) is 116 cm³/mol. The summed E-state index contributed by atoms with van der Waals surface area (Å²) in [4.78, 5) is 29.6. The Balaban J connectivity index is 1.59. The zero-order chi connectivity index (χ0) is 19.9. The van der Waals surface area contributed by atoms with Gasteiger partial charge in [0.1, 0.15) is 0 Å². The average Bonchev–Trinajstić information content (AvgIpc) is 3.09. The van der Waals surface area contributed by atoms with Crippen molar-refractivity contribution in [2.24, 2.45) is 0 Å². The number of unbranched alkanes of at least 4 members (excludes halogenated alkanes) is 1. The number of thioether (sulfide) groups is 1. The van der Waals surface area contributed by atoms with Gasteiger partial charge in [0, 0.05) is 9.92 Å². The number of anilines is 1. The molecular weight excluding hydrogens is 416 g/mol. The molecular formula is C20H19ClN2O3S2. The summed E-state index contributed by atoms with van der Waals surface area (Å²) in [7, 11) is 0. The van der Waals surface area contributed by atoms with Crippen molar-refractivity contribution >= 4 is 61.9 Å². The van der Waals surface area contributed by atoms with E-state index in [9.17, 15) is 9.59 Å². The van der Waals surface area contributed by atoms with Gasteiger partial charge in [-0.25, -0.2) is 9.78 Å². The highest BCUT2D eigenvalue weighted by Crippen LogP contribution is 2.28. The largest absolute Gasteiger partial charge is 0.462 e. The van der Waals surface area contributed by atoms with Gasteiger partial charge >= 0.3 is 5.97 Å². The molecule has 1 amide bonds. The maximum Gasteiger partial charge on any atom is 0.338 e. The first kappa shape index (κ1) is 20.6. The molecule has 5 nitrogen and oxygen atoms in total. The summed E-state index contributed by atoms with van der Waals surface area (Å²) in [6.07, 6.45) is 1.82. The maximum absolute atomic E-state index is 12.2. The first-order chi connectivity index (χ1) is 13.5. The minimum Gasteiger partial charge on any atom is -0.462 e. The Bertz CT molecular complexity index is 973. The Kier molecular flexibility index (Phi) is 7.30. The van der Waals surface area contributed by atoms with Gasteiger partial charge in [-0.1, -0.05) is 36.3 Å². The quantitative estimate of drug-likeness (QED) is 0.282. The molecule has 3 aromatic rings. The third-order valence-corrected chi connectivity index (χ3v) is 5.98. The zero-order valence-corrected chi connectivity index (χ0v) is 17.6. The topological polar surface area (TPSA) is 68.3 Å². The van der Waals surface area contributed by atoms with Gasteiger partial charge in [-0.05, 0) is 48.9 Å². The van der Waals surface area contributed by atoms with E-state index in [0.717, 1.165) is 28.0 Å². The van der Waals surface area contributed by atoms with Gasteiger partial charge in [0.2, 0.25) is 5.91 Å². The summed E-state index contributed by atoms with van der Waals surface area (Å²) in [6, 6.07) is 12.5. The maximum atomic E-state index is 12.2. The predicted octanol–water partition coefficient (Wildman–Crippen LogP) is 5.64. The number of amides is 1. The van der Waals surface area contributed by atoms with Gasteiger partial charge < -0.3 is 10.1 Å². The molecule has 28 heavy (non-hydrogen) atoms. The number of esters is 1. The molecule has 8 heteroatoms. The van der Waals surface area contributed by atoms with Crippen LogP contribution in [0.4, 0.5) is 5.13 Å². The molecule has 1 heterocycles. The fraction of sp³-hybridized carbons (Fsp3) is 0.250. The Labute approximate surface area is 176 Å². The number of aromatic nitrogens is 1. The molecule has 0 aliphatic heterocycles. The van der Waals surface area contributed by atoms with Crippen molar-refractivity contribution in [3.8, 4) is 0 Å². The number of carbonyl (C=O) groups excluding carboxylic acids is 2. The van der Waals surface area contributed by atoms with Gasteiger partial charge in [0.15, 0.2) is 5.13 Å². The van der Waals surface area contributed by atoms with Crippen LogP contribution in [0.25, 0.3) is 10.2 Å². The van der Waals surface area contributed by atoms with Crippen molar-refractivity contribution in [2.75, 3.05) is 17.7 Å². The molecule has 1 N–H and O–H groups in total. The first-order valence-electron chi connectivity index (χ1n) is 8.81. The fourth-order valence-corrected chi connectivity index (χ4v) is 4.08. The molecule has 0 unspecified atom stereocenters. The molecule has 0 aliphatic carbocycles. The van der Waals surface area contributed by atoms with Crippen LogP contribution in [-0.2, 0) is 9.53 Å². The van der Waals surface area contributed by atoms with E-state index in [-0.39, 0.29) is 17.6 Å². The molecule has 0 saturated heterocycles. The van der Waals surface area contributed by atoms with Gasteiger partial charge in [-0.15, -0.1) is 11.8 Å². The summed E-state index contributed by atoms with van der Waals surface area (Å²) in [5, 5.41) is 3.98. The molecule has 0 radical (unpaired) electrons. The van der Waals surface area contributed by atoms with E-state index < -0.39 is 0 Å². The van der Waals surface area contributed by atoms with Crippen molar-refractivity contribution in [1.82, 2.24) is 4.98 Å². The Morgan fingerprint density at radius 1 is 1.21 bits per heavy atom. The van der Waals surface area contributed by atoms with E-state index in [1.807, 2.05) is 19.1 Å². The van der Waals surface area contributed by atoms with E-state index in [4.69, 9.17) is 16.3 Å². The highest BCUT2D eigenvalue weighted by atomic mass is 35.5. The van der Waals surface area contributed by atoms with Crippen molar-refractivity contribution in [3.05, 3.63) is 53.1 Å². The van der Waals surface area contributed by atoms with Crippen molar-refractivity contribution in [1.29, 1.82) is 0 Å². The monoisotopic (exact) mass is 434 g/mol. The highest BCUT2D eigenvalue weighted by Gasteiger charge is 2.12. The number of carbonyl (C=O) groups is 2. The number of hydrogen-bond donors (Lipinski definition) is 1. The van der Waals surface area contributed by atoms with Crippen molar-refractivity contribution in [2.45, 2.75) is 24.7 Å². The number of ether oxygens (including phenoxy) is 1. The number of benzene rings is 2. The number of hydrogen-bond acceptors (Lipinski definition) is 6. The summed E-state index contributed by atoms with van der Waals surface area (Å²) in [6.45, 7) is 2.46. The normalized spacial score (nSPS) is 10.8. The minimum atomic E-state index is -0.339. The number of fused-ring (bicyclic) bond motifs is 1. The lowest BCUT2D eigenvalue weighted by molar-refractivity contribution is -0.113. The van der Waals surface area contributed by atoms with Crippen LogP contribution in [0.15, 0.2) is 47.4 Å². The zero-order valence-electron chi connectivity index (χ0n) is 15.2. The molecule has 0 saturated carbocycles. The lowest BCUT2D eigenvalue weighted by atomic mass is 10.2. The van der Waals surface area contributed by atoms with E-state index in [1.165, 1.54) is 23.1 Å². The van der Waals surface area contributed by atoms with Crippen LogP contribution in [0, 0.1) is 0 Å². The highest BCUT2D eigenvalue weighted by molar-refractivity contribution is 8.00. The second-order valence-electron chi connectivity index (χ2n) is 5.98. The molecule has 0 aliphatic rings. The Morgan fingerprint density at radius 3 is 2.75 bits per heavy atom. The standard InChI is InChI=1S/C20H19ClN2O3S2/c1-2-3-10-26-19(25)13-4-9-16-17(11-13)28-20(22-16)23-18(24)12-27-15-7-5-14(21)6-8-15/h4-9,11H,2-3,10,12H2,1H3,(H,22,23,24). The molecule has 1 aromatic heterocycles. The number of nitrogens with zero attached hydrogens (tertiary/aromatic N) is 1. The van der Waals surface area contributed by atoms with Gasteiger partial charge in [0.25, 0.3) is 0 Å². The third kappa shape index (κ3) is 5.70. The summed E-state index contributed by atoms with van der Waals surface area (Å²) in [5.74, 6) is -0.209. The minimum absolute atomic E-state index is 0.141. The van der Waals surface area contributed by atoms with E-state index >= 15 is 0 Å². The second-order valence-corrected chi connectivity index (χ2v) is 8.50. The summed E-state index contributed by atoms with van der Waals surface area (Å²) >= 11 is 8.61. The summed E-state index contributed by atoms with van der Waals surface area (Å²) in [5.41, 5.74) is 1.22. The van der Waals surface area contributed by atoms with E-state index in [2.05, 4.69) is 10.3 Å². The van der Waals surface area contributed by atoms with Crippen LogP contribution >= 0.6 is 34.7 Å². The van der Waals surface area contributed by atoms with Crippen LogP contribution < -0.4 is 5.32 Å². The SMILES string of the molecule is CCCCOC(=O)c1ccc2nc(NC(=O)CSc3ccc(Cl)cc3)sc2c1. The number of rotatable bonds is 8. The Hall–Kier alpha value is -2.09. The van der Waals surface area contributed by atoms with Crippen molar-refractivity contribution in [3.63, 3.8) is 0 Å². The molecule has 2 aromatic carbocycles. The molecule has 0 atom stereocenters. The molecule has 3 rings (SSSR count). The van der Waals surface area contributed by atoms with E-state index in [1.54, 1.807) is 30.3 Å². The lowest BCUT2D eigenvalue weighted by Crippen LogP contribution is -2.13. The smallest absolute Gasteiger partial charge is 0.338 e.